The van der Waals surface area contributed by atoms with Gasteiger partial charge in [0.2, 0.25) is 5.91 Å². The van der Waals surface area contributed by atoms with Crippen LogP contribution in [0.3, 0.4) is 0 Å². The van der Waals surface area contributed by atoms with Crippen molar-refractivity contribution in [3.05, 3.63) is 54.2 Å². The molecule has 0 unspecified atom stereocenters. The van der Waals surface area contributed by atoms with Crippen molar-refractivity contribution in [1.82, 2.24) is 15.2 Å². The van der Waals surface area contributed by atoms with Crippen LogP contribution in [0.4, 0.5) is 16.3 Å². The van der Waals surface area contributed by atoms with E-state index in [1.165, 1.54) is 12.8 Å². The Morgan fingerprint density at radius 2 is 1.69 bits per heavy atom. The average molecular weight is 436 g/mol. The molecule has 1 aromatic carbocycles. The van der Waals surface area contributed by atoms with Crippen LogP contribution in [0.15, 0.2) is 48.7 Å². The Morgan fingerprint density at radius 3 is 2.34 bits per heavy atom. The van der Waals surface area contributed by atoms with E-state index in [0.717, 1.165) is 36.1 Å². The summed E-state index contributed by atoms with van der Waals surface area (Å²) in [7, 11) is 0. The second kappa shape index (κ2) is 10.5. The van der Waals surface area contributed by atoms with E-state index < -0.39 is 0 Å². The van der Waals surface area contributed by atoms with Gasteiger partial charge in [-0.2, -0.15) is 0 Å². The average Bonchev–Trinajstić information content (AvgIpc) is 2.84. The van der Waals surface area contributed by atoms with Gasteiger partial charge in [-0.1, -0.05) is 31.2 Å². The van der Waals surface area contributed by atoms with Crippen molar-refractivity contribution in [2.24, 2.45) is 11.8 Å². The smallest absolute Gasteiger partial charge is 0.317 e. The number of carbonyl (C=O) groups is 2. The van der Waals surface area contributed by atoms with Gasteiger partial charge in [-0.3, -0.25) is 4.79 Å². The number of amides is 3. The summed E-state index contributed by atoms with van der Waals surface area (Å²) in [5, 5.41) is 5.95. The molecule has 7 nitrogen and oxygen atoms in total. The Hall–Kier alpha value is -3.09. The summed E-state index contributed by atoms with van der Waals surface area (Å²) in [5.41, 5.74) is 1.80. The molecule has 170 valence electrons. The van der Waals surface area contributed by atoms with Crippen molar-refractivity contribution in [2.75, 3.05) is 36.4 Å². The van der Waals surface area contributed by atoms with Crippen molar-refractivity contribution in [3.63, 3.8) is 0 Å². The number of benzene rings is 1. The maximum atomic E-state index is 12.6. The number of urea groups is 1. The molecule has 2 saturated heterocycles. The molecular formula is C25H33N5O2. The van der Waals surface area contributed by atoms with Crippen LogP contribution in [0.2, 0.25) is 0 Å². The SMILES string of the molecule is CC1CCN(c2ccc(CNC(=O)N3CCC(C(=O)Nc4ccccc4)CC3)cn2)CC1. The van der Waals surface area contributed by atoms with Crippen LogP contribution in [-0.2, 0) is 11.3 Å². The maximum absolute atomic E-state index is 12.6. The molecule has 0 saturated carbocycles. The van der Waals surface area contributed by atoms with E-state index in [2.05, 4.69) is 27.4 Å². The summed E-state index contributed by atoms with van der Waals surface area (Å²) in [5.74, 6) is 1.78. The number of anilines is 2. The van der Waals surface area contributed by atoms with Crippen LogP contribution >= 0.6 is 0 Å². The van der Waals surface area contributed by atoms with Crippen LogP contribution < -0.4 is 15.5 Å². The van der Waals surface area contributed by atoms with Gasteiger partial charge in [0, 0.05) is 50.5 Å². The van der Waals surface area contributed by atoms with E-state index in [-0.39, 0.29) is 17.9 Å². The molecule has 2 N–H and O–H groups in total. The van der Waals surface area contributed by atoms with Crippen LogP contribution in [0, 0.1) is 11.8 Å². The Labute approximate surface area is 190 Å². The summed E-state index contributed by atoms with van der Waals surface area (Å²) in [6.45, 7) is 6.05. The van der Waals surface area contributed by atoms with Gasteiger partial charge < -0.3 is 20.4 Å². The topological polar surface area (TPSA) is 77.6 Å². The monoisotopic (exact) mass is 435 g/mol. The number of carbonyl (C=O) groups excluding carboxylic acids is 2. The normalized spacial score (nSPS) is 17.8. The molecule has 3 amide bonds. The first kappa shape index (κ1) is 22.1. The van der Waals surface area contributed by atoms with Crippen LogP contribution in [-0.4, -0.2) is 48.0 Å². The third kappa shape index (κ3) is 5.78. The molecule has 0 spiro atoms. The van der Waals surface area contributed by atoms with E-state index in [0.29, 0.717) is 32.5 Å². The minimum Gasteiger partial charge on any atom is -0.357 e. The summed E-state index contributed by atoms with van der Waals surface area (Å²) < 4.78 is 0. The summed E-state index contributed by atoms with van der Waals surface area (Å²) >= 11 is 0. The Balaban J connectivity index is 1.19. The van der Waals surface area contributed by atoms with E-state index in [9.17, 15) is 9.59 Å². The number of rotatable bonds is 5. The highest BCUT2D eigenvalue weighted by atomic mass is 16.2. The molecule has 0 bridgehead atoms. The lowest BCUT2D eigenvalue weighted by molar-refractivity contribution is -0.121. The minimum atomic E-state index is -0.0824. The first-order valence-corrected chi connectivity index (χ1v) is 11.7. The Morgan fingerprint density at radius 1 is 0.969 bits per heavy atom. The fourth-order valence-electron chi connectivity index (χ4n) is 4.35. The molecule has 2 aliphatic rings. The predicted octanol–water partition coefficient (Wildman–Crippen LogP) is 3.88. The lowest BCUT2D eigenvalue weighted by Crippen LogP contribution is -2.45. The molecule has 0 radical (unpaired) electrons. The largest absolute Gasteiger partial charge is 0.357 e. The minimum absolute atomic E-state index is 0.0329. The molecular weight excluding hydrogens is 402 g/mol. The van der Waals surface area contributed by atoms with Gasteiger partial charge in [0.05, 0.1) is 0 Å². The molecule has 4 rings (SSSR count). The second-order valence-corrected chi connectivity index (χ2v) is 8.97. The maximum Gasteiger partial charge on any atom is 0.317 e. The molecule has 2 aliphatic heterocycles. The van der Waals surface area contributed by atoms with Gasteiger partial charge in [0.15, 0.2) is 0 Å². The number of aromatic nitrogens is 1. The standard InChI is InChI=1S/C25H33N5O2/c1-19-9-13-29(14-10-19)23-8-7-20(17-26-23)18-27-25(32)30-15-11-21(12-16-30)24(31)28-22-5-3-2-4-6-22/h2-8,17,19,21H,9-16,18H2,1H3,(H,27,32)(H,28,31). The number of likely N-dealkylation sites (tertiary alicyclic amines) is 1. The molecule has 2 aromatic rings. The molecule has 7 heteroatoms. The van der Waals surface area contributed by atoms with Gasteiger partial charge >= 0.3 is 6.03 Å². The number of nitrogens with zero attached hydrogens (tertiary/aromatic N) is 3. The third-order valence-corrected chi connectivity index (χ3v) is 6.55. The van der Waals surface area contributed by atoms with Crippen LogP contribution in [0.25, 0.3) is 0 Å². The number of hydrogen-bond acceptors (Lipinski definition) is 4. The van der Waals surface area contributed by atoms with Crippen molar-refractivity contribution in [3.8, 4) is 0 Å². The zero-order valence-corrected chi connectivity index (χ0v) is 18.8. The lowest BCUT2D eigenvalue weighted by atomic mass is 9.96. The van der Waals surface area contributed by atoms with Gasteiger partial charge in [0.1, 0.15) is 5.82 Å². The summed E-state index contributed by atoms with van der Waals surface area (Å²) in [6.07, 6.45) is 5.63. The van der Waals surface area contributed by atoms with Gasteiger partial charge in [-0.05, 0) is 55.4 Å². The van der Waals surface area contributed by atoms with Gasteiger partial charge in [0.25, 0.3) is 0 Å². The zero-order valence-electron chi connectivity index (χ0n) is 18.8. The van der Waals surface area contributed by atoms with Gasteiger partial charge in [-0.15, -0.1) is 0 Å². The zero-order chi connectivity index (χ0) is 22.3. The quantitative estimate of drug-likeness (QED) is 0.747. The van der Waals surface area contributed by atoms with E-state index in [1.807, 2.05) is 48.7 Å². The molecule has 2 fully saturated rings. The molecule has 32 heavy (non-hydrogen) atoms. The Kier molecular flexibility index (Phi) is 7.24. The lowest BCUT2D eigenvalue weighted by Gasteiger charge is -2.31. The van der Waals surface area contributed by atoms with E-state index in [4.69, 9.17) is 0 Å². The highest BCUT2D eigenvalue weighted by Gasteiger charge is 2.27. The van der Waals surface area contributed by atoms with E-state index >= 15 is 0 Å². The van der Waals surface area contributed by atoms with E-state index in [1.54, 1.807) is 4.90 Å². The molecule has 3 heterocycles. The van der Waals surface area contributed by atoms with Crippen LogP contribution in [0.1, 0.15) is 38.2 Å². The molecule has 1 aromatic heterocycles. The Bertz CT molecular complexity index is 886. The second-order valence-electron chi connectivity index (χ2n) is 8.97. The fraction of sp³-hybridized carbons (Fsp3) is 0.480. The highest BCUT2D eigenvalue weighted by molar-refractivity contribution is 5.92. The highest BCUT2D eigenvalue weighted by Crippen LogP contribution is 2.22. The summed E-state index contributed by atoms with van der Waals surface area (Å²) in [6, 6.07) is 13.5. The molecule has 0 aliphatic carbocycles. The summed E-state index contributed by atoms with van der Waals surface area (Å²) in [4.78, 5) is 33.8. The fourth-order valence-corrected chi connectivity index (χ4v) is 4.35. The number of para-hydroxylation sites is 1. The number of nitrogens with one attached hydrogen (secondary N) is 2. The number of pyridine rings is 1. The molecule has 0 atom stereocenters. The predicted molar refractivity (Wildman–Crippen MR) is 126 cm³/mol. The number of piperidine rings is 2. The van der Waals surface area contributed by atoms with Crippen molar-refractivity contribution in [1.29, 1.82) is 0 Å². The third-order valence-electron chi connectivity index (χ3n) is 6.55. The first-order valence-electron chi connectivity index (χ1n) is 11.7. The van der Waals surface area contributed by atoms with Crippen molar-refractivity contribution >= 4 is 23.4 Å². The van der Waals surface area contributed by atoms with Gasteiger partial charge in [-0.25, -0.2) is 9.78 Å². The van der Waals surface area contributed by atoms with Crippen molar-refractivity contribution in [2.45, 2.75) is 39.2 Å². The van der Waals surface area contributed by atoms with Crippen molar-refractivity contribution < 1.29 is 9.59 Å². The van der Waals surface area contributed by atoms with Crippen LogP contribution in [0.5, 0.6) is 0 Å². The number of hydrogen-bond donors (Lipinski definition) is 2. The first-order chi connectivity index (χ1) is 15.6.